The monoisotopic (exact) mass is 469 g/mol. The molecule has 33 heavy (non-hydrogen) atoms. The Labute approximate surface area is 194 Å². The predicted molar refractivity (Wildman–Crippen MR) is 126 cm³/mol. The van der Waals surface area contributed by atoms with E-state index in [2.05, 4.69) is 10.3 Å². The molecule has 2 aliphatic rings. The smallest absolute Gasteiger partial charge is 0.328 e. The number of ether oxygens (including phenoxy) is 2. The van der Waals surface area contributed by atoms with Gasteiger partial charge in [-0.1, -0.05) is 6.07 Å². The average Bonchev–Trinajstić information content (AvgIpc) is 3.30. The summed E-state index contributed by atoms with van der Waals surface area (Å²) < 4.78 is 13.1. The Bertz CT molecular complexity index is 1290. The van der Waals surface area contributed by atoms with Crippen LogP contribution in [-0.2, 0) is 11.3 Å². The highest BCUT2D eigenvalue weighted by atomic mass is 32.1. The third-order valence-electron chi connectivity index (χ3n) is 6.67. The minimum absolute atomic E-state index is 0.0471. The number of nitrogens with one attached hydrogen (secondary N) is 2. The third-order valence-corrected chi connectivity index (χ3v) is 7.58. The van der Waals surface area contributed by atoms with Gasteiger partial charge in [-0.2, -0.15) is 0 Å². The third kappa shape index (κ3) is 4.42. The van der Waals surface area contributed by atoms with Gasteiger partial charge in [0.05, 0.1) is 11.6 Å². The summed E-state index contributed by atoms with van der Waals surface area (Å²) >= 11 is 1.34. The normalized spacial score (nSPS) is 21.0. The van der Waals surface area contributed by atoms with E-state index in [9.17, 15) is 14.4 Å². The van der Waals surface area contributed by atoms with E-state index in [1.165, 1.54) is 15.9 Å². The molecule has 3 heterocycles. The molecule has 1 aliphatic heterocycles. The number of hydrogen-bond donors (Lipinski definition) is 2. The summed E-state index contributed by atoms with van der Waals surface area (Å²) in [4.78, 5) is 40.7. The summed E-state index contributed by atoms with van der Waals surface area (Å²) in [5, 5.41) is 4.94. The van der Waals surface area contributed by atoms with Crippen molar-refractivity contribution in [1.29, 1.82) is 0 Å². The lowest BCUT2D eigenvalue weighted by Gasteiger charge is -2.29. The van der Waals surface area contributed by atoms with Gasteiger partial charge in [0.2, 0.25) is 5.91 Å². The van der Waals surface area contributed by atoms with Gasteiger partial charge in [-0.05, 0) is 67.7 Å². The van der Waals surface area contributed by atoms with E-state index in [1.54, 1.807) is 6.07 Å². The van der Waals surface area contributed by atoms with E-state index in [0.29, 0.717) is 35.7 Å². The molecule has 9 heteroatoms. The van der Waals surface area contributed by atoms with E-state index >= 15 is 0 Å². The average molecular weight is 470 g/mol. The summed E-state index contributed by atoms with van der Waals surface area (Å²) in [5.74, 6) is 1.64. The lowest BCUT2D eigenvalue weighted by atomic mass is 9.81. The van der Waals surface area contributed by atoms with Crippen LogP contribution in [-0.4, -0.2) is 28.7 Å². The first kappa shape index (κ1) is 21.8. The van der Waals surface area contributed by atoms with Crippen LogP contribution in [0.1, 0.15) is 44.2 Å². The van der Waals surface area contributed by atoms with Crippen molar-refractivity contribution in [3.05, 3.63) is 56.0 Å². The Morgan fingerprint density at radius 1 is 1.15 bits per heavy atom. The molecule has 1 atom stereocenters. The quantitative estimate of drug-likeness (QED) is 0.597. The maximum Gasteiger partial charge on any atom is 0.328 e. The topological polar surface area (TPSA) is 102 Å². The standard InChI is InChI=1S/C24H27N3O5S/c1-14(17-6-7-19-20(12-17)32-10-9-31-19)25-22(28)16-4-2-15(3-5-16)13-27-23(29)21-18(8-11-33-21)26-24(27)30/h6-8,11-12,14-16H,2-5,9-10,13H2,1H3,(H,25,28)(H,26,30)/t14-,15?,16?/m0/s1. The van der Waals surface area contributed by atoms with Crippen molar-refractivity contribution < 1.29 is 14.3 Å². The first-order valence-corrected chi connectivity index (χ1v) is 12.3. The van der Waals surface area contributed by atoms with Crippen molar-refractivity contribution in [2.24, 2.45) is 11.8 Å². The van der Waals surface area contributed by atoms with Gasteiger partial charge in [0, 0.05) is 12.5 Å². The fourth-order valence-corrected chi connectivity index (χ4v) is 5.54. The molecule has 0 unspecified atom stereocenters. The lowest BCUT2D eigenvalue weighted by molar-refractivity contribution is -0.126. The molecule has 5 rings (SSSR count). The molecule has 1 saturated carbocycles. The Morgan fingerprint density at radius 3 is 2.70 bits per heavy atom. The van der Waals surface area contributed by atoms with Crippen molar-refractivity contribution in [3.63, 3.8) is 0 Å². The first-order chi connectivity index (χ1) is 16.0. The Hall–Kier alpha value is -3.07. The van der Waals surface area contributed by atoms with Gasteiger partial charge in [0.1, 0.15) is 17.9 Å². The van der Waals surface area contributed by atoms with Crippen LogP contribution in [0, 0.1) is 11.8 Å². The number of benzene rings is 1. The molecule has 3 aromatic rings. The van der Waals surface area contributed by atoms with E-state index < -0.39 is 0 Å². The second-order valence-electron chi connectivity index (χ2n) is 8.86. The lowest BCUT2D eigenvalue weighted by Crippen LogP contribution is -2.39. The number of amides is 1. The minimum Gasteiger partial charge on any atom is -0.486 e. The summed E-state index contributed by atoms with van der Waals surface area (Å²) in [6, 6.07) is 7.38. The zero-order valence-electron chi connectivity index (χ0n) is 18.5. The Morgan fingerprint density at radius 2 is 1.91 bits per heavy atom. The zero-order chi connectivity index (χ0) is 22.9. The minimum atomic E-state index is -0.362. The Kier molecular flexibility index (Phi) is 5.97. The molecule has 8 nitrogen and oxygen atoms in total. The molecular weight excluding hydrogens is 442 g/mol. The molecule has 2 aromatic heterocycles. The second-order valence-corrected chi connectivity index (χ2v) is 9.78. The molecule has 1 amide bonds. The SMILES string of the molecule is C[C@H](NC(=O)C1CCC(Cn2c(=O)[nH]c3ccsc3c2=O)CC1)c1ccc2c(c1)OCCO2. The van der Waals surface area contributed by atoms with Gasteiger partial charge >= 0.3 is 5.69 Å². The summed E-state index contributed by atoms with van der Waals surface area (Å²) in [6.07, 6.45) is 3.12. The van der Waals surface area contributed by atoms with Crippen molar-refractivity contribution in [3.8, 4) is 11.5 Å². The van der Waals surface area contributed by atoms with Crippen molar-refractivity contribution in [2.75, 3.05) is 13.2 Å². The molecule has 0 radical (unpaired) electrons. The van der Waals surface area contributed by atoms with Crippen LogP contribution in [0.3, 0.4) is 0 Å². The number of carbonyl (C=O) groups excluding carboxylic acids is 1. The number of H-pyrrole nitrogens is 1. The molecular formula is C24H27N3O5S. The summed E-state index contributed by atoms with van der Waals surface area (Å²) in [7, 11) is 0. The number of thiophene rings is 1. The van der Waals surface area contributed by atoms with Crippen LogP contribution in [0.15, 0.2) is 39.2 Å². The number of fused-ring (bicyclic) bond motifs is 2. The van der Waals surface area contributed by atoms with Crippen LogP contribution in [0.5, 0.6) is 11.5 Å². The van der Waals surface area contributed by atoms with E-state index in [0.717, 1.165) is 37.0 Å². The largest absolute Gasteiger partial charge is 0.486 e. The summed E-state index contributed by atoms with van der Waals surface area (Å²) in [5.41, 5.74) is 0.985. The number of hydrogen-bond acceptors (Lipinski definition) is 6. The van der Waals surface area contributed by atoms with Gasteiger partial charge in [-0.15, -0.1) is 11.3 Å². The molecule has 1 aliphatic carbocycles. The van der Waals surface area contributed by atoms with E-state index in [1.807, 2.05) is 30.5 Å². The number of rotatable bonds is 5. The molecule has 1 fully saturated rings. The second kappa shape index (κ2) is 9.05. The zero-order valence-corrected chi connectivity index (χ0v) is 19.3. The van der Waals surface area contributed by atoms with Gasteiger partial charge in [-0.3, -0.25) is 14.2 Å². The maximum absolute atomic E-state index is 12.9. The van der Waals surface area contributed by atoms with Crippen LogP contribution >= 0.6 is 11.3 Å². The number of carbonyl (C=O) groups is 1. The van der Waals surface area contributed by atoms with Crippen molar-refractivity contribution in [1.82, 2.24) is 14.9 Å². The van der Waals surface area contributed by atoms with E-state index in [4.69, 9.17) is 9.47 Å². The Balaban J connectivity index is 1.18. The van der Waals surface area contributed by atoms with Gasteiger partial charge in [-0.25, -0.2) is 4.79 Å². The summed E-state index contributed by atoms with van der Waals surface area (Å²) in [6.45, 7) is 3.44. The van der Waals surface area contributed by atoms with Gasteiger partial charge in [0.15, 0.2) is 11.5 Å². The fourth-order valence-electron chi connectivity index (χ4n) is 4.75. The highest BCUT2D eigenvalue weighted by molar-refractivity contribution is 7.17. The van der Waals surface area contributed by atoms with Gasteiger partial charge < -0.3 is 19.8 Å². The molecule has 0 bridgehead atoms. The van der Waals surface area contributed by atoms with Crippen LogP contribution in [0.25, 0.3) is 10.2 Å². The number of aromatic amines is 1. The van der Waals surface area contributed by atoms with Crippen LogP contribution < -0.4 is 26.0 Å². The molecule has 174 valence electrons. The first-order valence-electron chi connectivity index (χ1n) is 11.4. The molecule has 1 aromatic carbocycles. The van der Waals surface area contributed by atoms with Crippen molar-refractivity contribution >= 4 is 27.5 Å². The molecule has 0 spiro atoms. The fraction of sp³-hybridized carbons (Fsp3) is 0.458. The number of aromatic nitrogens is 2. The maximum atomic E-state index is 12.9. The molecule has 0 saturated heterocycles. The van der Waals surface area contributed by atoms with E-state index in [-0.39, 0.29) is 35.0 Å². The molecule has 2 N–H and O–H groups in total. The highest BCUT2D eigenvalue weighted by Crippen LogP contribution is 2.33. The predicted octanol–water partition coefficient (Wildman–Crippen LogP) is 3.21. The van der Waals surface area contributed by atoms with Crippen molar-refractivity contribution in [2.45, 2.75) is 45.2 Å². The van der Waals surface area contributed by atoms with Gasteiger partial charge in [0.25, 0.3) is 5.56 Å². The number of nitrogens with zero attached hydrogens (tertiary/aromatic N) is 1. The van der Waals surface area contributed by atoms with Crippen LogP contribution in [0.2, 0.25) is 0 Å². The highest BCUT2D eigenvalue weighted by Gasteiger charge is 2.28. The van der Waals surface area contributed by atoms with Crippen LogP contribution in [0.4, 0.5) is 0 Å².